The Hall–Kier alpha value is -12.8. The number of carbonyl (C=O) groups is 2. The van der Waals surface area contributed by atoms with Gasteiger partial charge in [-0.25, -0.2) is 43.3 Å². The van der Waals surface area contributed by atoms with E-state index < -0.39 is 21.7 Å². The minimum atomic E-state index is -3.47. The number of aromatic nitrogens is 5. The summed E-state index contributed by atoms with van der Waals surface area (Å²) in [6.07, 6.45) is 2.44. The minimum Gasteiger partial charge on any atom is -0.471 e. The molecule has 536 valence electrons. The molecule has 0 fully saturated rings. The Morgan fingerprint density at radius 3 is 1.38 bits per heavy atom. The average molecular weight is 1490 g/mol. The second-order valence-electron chi connectivity index (χ2n) is 21.8. The van der Waals surface area contributed by atoms with Crippen LogP contribution in [0.1, 0.15) is 48.5 Å². The summed E-state index contributed by atoms with van der Waals surface area (Å²) in [6.45, 7) is 20.0. The highest BCUT2D eigenvalue weighted by Gasteiger charge is 2.16. The SMILES string of the molecule is C=C1CN=C(c2ccccc2)S1.C=C1COC(c2ccccc2)=N1.C=C1CSC(c2ccccc2)=N1.C=C1N=C(c2ccccc2)NS1.C=C1NN=C(c2ccccc2)O1.CNC(=O)c1ccccc1.CS(=O)(=O)NC(=O)c1ccccc1.O=c1[nH]c(-c2ccccc2)no1.c1ccc(-c2ncn[nH]2)cc1. The summed E-state index contributed by atoms with van der Waals surface area (Å²) < 4.78 is 41.2. The maximum Gasteiger partial charge on any atom is 0.439 e. The van der Waals surface area contributed by atoms with Gasteiger partial charge in [-0.3, -0.25) is 29.2 Å². The molecule has 5 aliphatic heterocycles. The molecule has 11 aromatic rings. The van der Waals surface area contributed by atoms with Crippen molar-refractivity contribution in [3.05, 3.63) is 389 Å². The second kappa shape index (κ2) is 42.6. The van der Waals surface area contributed by atoms with Gasteiger partial charge in [-0.1, -0.05) is 279 Å². The van der Waals surface area contributed by atoms with Crippen molar-refractivity contribution < 1.29 is 32.0 Å². The molecule has 2 aromatic heterocycles. The van der Waals surface area contributed by atoms with Crippen LogP contribution in [0.3, 0.4) is 0 Å². The lowest BCUT2D eigenvalue weighted by atomic mass is 10.2. The van der Waals surface area contributed by atoms with Crippen LogP contribution in [-0.4, -0.2) is 105 Å². The Balaban J connectivity index is 0.000000151. The van der Waals surface area contributed by atoms with Crippen LogP contribution in [0, 0.1) is 0 Å². The normalized spacial score (nSPS) is 13.3. The molecule has 0 bridgehead atoms. The van der Waals surface area contributed by atoms with Crippen LogP contribution >= 0.6 is 35.5 Å². The number of H-pyrrole nitrogens is 2. The number of nitrogens with zero attached hydrogens (tertiary/aromatic N) is 8. The first-order valence-electron chi connectivity index (χ1n) is 32.2. The number of ether oxygens (including phenoxy) is 2. The number of hydrogen-bond acceptors (Lipinski definition) is 21. The number of amidine groups is 1. The summed E-state index contributed by atoms with van der Waals surface area (Å²) in [6, 6.07) is 86.4. The van der Waals surface area contributed by atoms with Gasteiger partial charge in [0.15, 0.2) is 11.6 Å². The molecule has 2 amide bonds. The van der Waals surface area contributed by atoms with E-state index >= 15 is 0 Å². The number of rotatable bonds is 10. The molecule has 22 nitrogen and oxygen atoms in total. The van der Waals surface area contributed by atoms with Crippen LogP contribution in [0.4, 0.5) is 0 Å². The van der Waals surface area contributed by atoms with Gasteiger partial charge in [0.1, 0.15) is 33.9 Å². The molecule has 0 saturated heterocycles. The van der Waals surface area contributed by atoms with Crippen LogP contribution in [0.25, 0.3) is 22.8 Å². The fourth-order valence-electron chi connectivity index (χ4n) is 8.69. The number of nitrogens with one attached hydrogen (secondary N) is 6. The van der Waals surface area contributed by atoms with Crippen LogP contribution in [-0.2, 0) is 19.5 Å². The summed E-state index contributed by atoms with van der Waals surface area (Å²) in [7, 11) is -1.85. The van der Waals surface area contributed by atoms with Gasteiger partial charge in [0.2, 0.25) is 27.7 Å². The summed E-state index contributed by atoms with van der Waals surface area (Å²) in [5.74, 6) is 3.63. The van der Waals surface area contributed by atoms with Gasteiger partial charge in [0, 0.05) is 85.4 Å². The van der Waals surface area contributed by atoms with Crippen molar-refractivity contribution in [1.29, 1.82) is 0 Å². The lowest BCUT2D eigenvalue weighted by Gasteiger charge is -2.00. The van der Waals surface area contributed by atoms with Crippen LogP contribution in [0.5, 0.6) is 0 Å². The third kappa shape index (κ3) is 27.9. The molecule has 6 N–H and O–H groups in total. The zero-order chi connectivity index (χ0) is 75.1. The summed E-state index contributed by atoms with van der Waals surface area (Å²) >= 11 is 4.88. The van der Waals surface area contributed by atoms with Gasteiger partial charge in [0.25, 0.3) is 11.8 Å². The third-order valence-electron chi connectivity index (χ3n) is 13.6. The maximum atomic E-state index is 11.2. The van der Waals surface area contributed by atoms with Crippen molar-refractivity contribution in [2.75, 3.05) is 32.2 Å². The van der Waals surface area contributed by atoms with Crippen molar-refractivity contribution in [1.82, 2.24) is 45.5 Å². The van der Waals surface area contributed by atoms with Gasteiger partial charge in [0.05, 0.1) is 18.5 Å². The molecule has 0 unspecified atom stereocenters. The predicted octanol–water partition coefficient (Wildman–Crippen LogP) is 14.9. The standard InChI is InChI=1S/C10H9NO.2C10H9NS.C9H8N2O.C9H8N2S.C8H7N3.C8H6N2O2.C8H9NO3S.C8H9NO/c2*1-8-7-12-10(11-8)9-5-3-2-4-6-9;1-8-7-11-10(12-8)9-5-3-2-4-6-9;1-7-10-11-9(12-7)8-5-3-2-4-6-8;1-7-10-9(11-12-7)8-5-3-2-4-6-8;1-2-4-7(5-3-1)8-9-6-10-11-8;11-8-9-7(10-12-8)6-4-2-1-3-5-6;1-13(11,12)9-8(10)7-5-3-2-4-6-7;1-9-8(10)7-5-3-2-4-6-7/h3*2-6H,1,7H2;2-6,10H,1H2;2-6H,1H2,(H,10,11);1-6H,(H,9,10,11);1-5H,(H,9,10,11);2-6H,1H3,(H,9,10);2-6H,1H3,(H,9,10). The fourth-order valence-corrected chi connectivity index (χ4v) is 11.3. The molecule has 0 saturated carbocycles. The number of thioether (sulfide) groups is 2. The van der Waals surface area contributed by atoms with Gasteiger partial charge in [-0.2, -0.15) is 5.10 Å². The largest absolute Gasteiger partial charge is 0.471 e. The highest BCUT2D eigenvalue weighted by Crippen LogP contribution is 2.28. The van der Waals surface area contributed by atoms with Crippen molar-refractivity contribution in [2.45, 2.75) is 0 Å². The molecule has 16 rings (SSSR count). The van der Waals surface area contributed by atoms with E-state index in [-0.39, 0.29) is 5.91 Å². The third-order valence-corrected chi connectivity index (χ3v) is 16.8. The number of aromatic amines is 2. The topological polar surface area (TPSA) is 297 Å². The Bertz CT molecular complexity index is 4770. The van der Waals surface area contributed by atoms with Crippen LogP contribution in [0.2, 0.25) is 0 Å². The number of hydrogen-bond donors (Lipinski definition) is 6. The molecule has 0 atom stereocenters. The molecule has 106 heavy (non-hydrogen) atoms. The fraction of sp³-hybridized carbons (Fsp3) is 0.0625. The number of hydrazone groups is 1. The maximum absolute atomic E-state index is 11.2. The molecule has 0 radical (unpaired) electrons. The minimum absolute atomic E-state index is 0.0411. The molecular weight excluding hydrogens is 1410 g/mol. The van der Waals surface area contributed by atoms with Gasteiger partial charge in [-0.15, -0.1) is 5.10 Å². The smallest absolute Gasteiger partial charge is 0.439 e. The molecule has 26 heteroatoms. The second-order valence-corrected chi connectivity index (χ2v) is 26.5. The summed E-state index contributed by atoms with van der Waals surface area (Å²) in [5, 5.41) is 19.6. The quantitative estimate of drug-likeness (QED) is 0.0694. The Kier molecular flexibility index (Phi) is 31.7. The van der Waals surface area contributed by atoms with Crippen LogP contribution in [0.15, 0.2) is 374 Å². The molecule has 0 spiro atoms. The zero-order valence-electron chi connectivity index (χ0n) is 57.7. The monoisotopic (exact) mass is 1490 g/mol. The zero-order valence-corrected chi connectivity index (χ0v) is 61.0. The first-order chi connectivity index (χ1) is 51.5. The highest BCUT2D eigenvalue weighted by atomic mass is 32.2. The van der Waals surface area contributed by atoms with E-state index in [0.717, 1.165) is 89.4 Å². The van der Waals surface area contributed by atoms with Gasteiger partial charge >= 0.3 is 5.76 Å². The summed E-state index contributed by atoms with van der Waals surface area (Å²) in [4.78, 5) is 57.4. The van der Waals surface area contributed by atoms with Crippen molar-refractivity contribution in [3.63, 3.8) is 0 Å². The molecule has 0 aliphatic carbocycles. The van der Waals surface area contributed by atoms with E-state index in [1.165, 1.54) is 29.4 Å². The highest BCUT2D eigenvalue weighted by molar-refractivity contribution is 8.18. The molecular formula is C80H74N14O8S4. The van der Waals surface area contributed by atoms with E-state index in [1.54, 1.807) is 73.0 Å². The van der Waals surface area contributed by atoms with Crippen molar-refractivity contribution in [2.24, 2.45) is 25.1 Å². The number of sulfonamides is 1. The Morgan fingerprint density at radius 2 is 0.991 bits per heavy atom. The molecule has 5 aliphatic rings. The van der Waals surface area contributed by atoms with Crippen LogP contribution < -0.4 is 25.9 Å². The molecule has 7 heterocycles. The van der Waals surface area contributed by atoms with Crippen molar-refractivity contribution >= 4 is 85.0 Å². The number of carbonyl (C=O) groups excluding carboxylic acids is 2. The van der Waals surface area contributed by atoms with E-state index in [9.17, 15) is 22.8 Å². The van der Waals surface area contributed by atoms with Gasteiger partial charge in [-0.05, 0) is 55.1 Å². The molecule has 9 aromatic carbocycles. The Labute approximate surface area is 627 Å². The van der Waals surface area contributed by atoms with E-state index in [0.29, 0.717) is 41.2 Å². The van der Waals surface area contributed by atoms with Gasteiger partial charge < -0.3 is 19.5 Å². The van der Waals surface area contributed by atoms with Crippen molar-refractivity contribution in [3.8, 4) is 22.8 Å². The lowest BCUT2D eigenvalue weighted by Crippen LogP contribution is -2.29. The Morgan fingerprint density at radius 1 is 0.528 bits per heavy atom. The number of aliphatic imine (C=N–C) groups is 4. The number of benzene rings is 9. The number of amides is 2. The average Bonchev–Trinajstić information content (AvgIpc) is 1.83. The first kappa shape index (κ1) is 79.0. The van der Waals surface area contributed by atoms with E-state index in [1.807, 2.05) is 211 Å². The summed E-state index contributed by atoms with van der Waals surface area (Å²) in [5.41, 5.74) is 12.8. The van der Waals surface area contributed by atoms with E-state index in [2.05, 4.69) is 128 Å². The first-order valence-corrected chi connectivity index (χ1v) is 36.7. The van der Waals surface area contributed by atoms with E-state index in [4.69, 9.17) is 9.47 Å². The predicted molar refractivity (Wildman–Crippen MR) is 429 cm³/mol. The lowest BCUT2D eigenvalue weighted by molar-refractivity contribution is 0.0959.